The second kappa shape index (κ2) is 6.21. The number of aryl methyl sites for hydroxylation is 1. The van der Waals surface area contributed by atoms with E-state index >= 15 is 0 Å². The fourth-order valence-electron chi connectivity index (χ4n) is 2.51. The summed E-state index contributed by atoms with van der Waals surface area (Å²) in [4.78, 5) is 2.18. The van der Waals surface area contributed by atoms with Crippen molar-refractivity contribution in [2.45, 2.75) is 43.9 Å². The molecule has 0 amide bonds. The van der Waals surface area contributed by atoms with Gasteiger partial charge in [-0.2, -0.15) is 5.10 Å². The SMILES string of the molecule is Cc1[nH]nc(S(=O)(=O)NCC2CCCCN2C)c1CO. The van der Waals surface area contributed by atoms with E-state index in [-0.39, 0.29) is 17.7 Å². The monoisotopic (exact) mass is 302 g/mol. The molecular weight excluding hydrogens is 280 g/mol. The maximum absolute atomic E-state index is 12.3. The number of likely N-dealkylation sites (N-methyl/N-ethyl adjacent to an activating group) is 1. The normalized spacial score (nSPS) is 21.2. The zero-order chi connectivity index (χ0) is 14.8. The van der Waals surface area contributed by atoms with E-state index in [0.29, 0.717) is 17.8 Å². The van der Waals surface area contributed by atoms with Gasteiger partial charge in [0.15, 0.2) is 5.03 Å². The third-order valence-electron chi connectivity index (χ3n) is 3.88. The lowest BCUT2D eigenvalue weighted by Crippen LogP contribution is -2.44. The number of likely N-dealkylation sites (tertiary alicyclic amines) is 1. The van der Waals surface area contributed by atoms with Gasteiger partial charge in [-0.05, 0) is 33.4 Å². The van der Waals surface area contributed by atoms with Crippen molar-refractivity contribution in [1.82, 2.24) is 19.8 Å². The minimum atomic E-state index is -3.68. The Bertz CT molecular complexity index is 555. The highest BCUT2D eigenvalue weighted by Crippen LogP contribution is 2.18. The van der Waals surface area contributed by atoms with Crippen LogP contribution >= 0.6 is 0 Å². The Morgan fingerprint density at radius 3 is 2.90 bits per heavy atom. The first-order chi connectivity index (χ1) is 9.45. The topological polar surface area (TPSA) is 98.3 Å². The predicted octanol–water partition coefficient (Wildman–Crippen LogP) is -0.0270. The zero-order valence-corrected chi connectivity index (χ0v) is 12.7. The van der Waals surface area contributed by atoms with Crippen molar-refractivity contribution >= 4 is 10.0 Å². The summed E-state index contributed by atoms with van der Waals surface area (Å²) in [5, 5.41) is 15.5. The van der Waals surface area contributed by atoms with E-state index in [4.69, 9.17) is 0 Å². The van der Waals surface area contributed by atoms with E-state index in [2.05, 4.69) is 19.8 Å². The number of aromatic nitrogens is 2. The number of sulfonamides is 1. The average molecular weight is 302 g/mol. The van der Waals surface area contributed by atoms with Gasteiger partial charge in [0.05, 0.1) is 6.61 Å². The molecule has 0 aliphatic carbocycles. The number of nitrogens with zero attached hydrogens (tertiary/aromatic N) is 2. The lowest BCUT2D eigenvalue weighted by Gasteiger charge is -2.32. The minimum Gasteiger partial charge on any atom is -0.392 e. The highest BCUT2D eigenvalue weighted by molar-refractivity contribution is 7.89. The Morgan fingerprint density at radius 2 is 2.25 bits per heavy atom. The van der Waals surface area contributed by atoms with Crippen LogP contribution in [0, 0.1) is 6.92 Å². The second-order valence-electron chi connectivity index (χ2n) is 5.27. The quantitative estimate of drug-likeness (QED) is 0.709. The number of rotatable bonds is 5. The number of nitrogens with one attached hydrogen (secondary N) is 2. The fourth-order valence-corrected chi connectivity index (χ4v) is 3.77. The Kier molecular flexibility index (Phi) is 4.79. The third-order valence-corrected chi connectivity index (χ3v) is 5.27. The van der Waals surface area contributed by atoms with Crippen molar-refractivity contribution in [3.05, 3.63) is 11.3 Å². The summed E-state index contributed by atoms with van der Waals surface area (Å²) in [6, 6.07) is 0.219. The number of aliphatic hydroxyl groups is 1. The molecule has 1 fully saturated rings. The molecule has 1 aromatic rings. The molecule has 8 heteroatoms. The van der Waals surface area contributed by atoms with E-state index in [0.717, 1.165) is 25.8 Å². The number of hydrogen-bond acceptors (Lipinski definition) is 5. The number of aromatic amines is 1. The summed E-state index contributed by atoms with van der Waals surface area (Å²) in [6.45, 7) is 2.71. The van der Waals surface area contributed by atoms with Gasteiger partial charge >= 0.3 is 0 Å². The highest BCUT2D eigenvalue weighted by Gasteiger charge is 2.26. The van der Waals surface area contributed by atoms with Crippen molar-refractivity contribution < 1.29 is 13.5 Å². The summed E-state index contributed by atoms with van der Waals surface area (Å²) in [5.41, 5.74) is 0.900. The summed E-state index contributed by atoms with van der Waals surface area (Å²) >= 11 is 0. The first-order valence-corrected chi connectivity index (χ1v) is 8.28. The molecule has 2 rings (SSSR count). The number of H-pyrrole nitrogens is 1. The molecule has 1 atom stereocenters. The molecule has 3 N–H and O–H groups in total. The first kappa shape index (κ1) is 15.4. The van der Waals surface area contributed by atoms with Crippen LogP contribution in [-0.4, -0.2) is 54.8 Å². The molecule has 0 radical (unpaired) electrons. The van der Waals surface area contributed by atoms with Crippen LogP contribution in [0.15, 0.2) is 5.03 Å². The summed E-state index contributed by atoms with van der Waals surface area (Å²) < 4.78 is 27.1. The molecule has 0 bridgehead atoms. The smallest absolute Gasteiger partial charge is 0.260 e. The first-order valence-electron chi connectivity index (χ1n) is 6.80. The molecule has 1 aromatic heterocycles. The van der Waals surface area contributed by atoms with Crippen LogP contribution < -0.4 is 4.72 Å². The average Bonchev–Trinajstić information content (AvgIpc) is 2.79. The van der Waals surface area contributed by atoms with Gasteiger partial charge in [-0.25, -0.2) is 13.1 Å². The van der Waals surface area contributed by atoms with Gasteiger partial charge in [0.1, 0.15) is 0 Å². The third kappa shape index (κ3) is 3.20. The van der Waals surface area contributed by atoms with Gasteiger partial charge in [-0.1, -0.05) is 6.42 Å². The van der Waals surface area contributed by atoms with Crippen LogP contribution in [-0.2, 0) is 16.6 Å². The molecular formula is C12H22N4O3S. The maximum atomic E-state index is 12.3. The summed E-state index contributed by atoms with van der Waals surface area (Å²) in [6.07, 6.45) is 3.28. The van der Waals surface area contributed by atoms with Gasteiger partial charge in [0, 0.05) is 23.8 Å². The van der Waals surface area contributed by atoms with Crippen molar-refractivity contribution in [3.8, 4) is 0 Å². The number of hydrogen-bond donors (Lipinski definition) is 3. The molecule has 0 saturated carbocycles. The molecule has 114 valence electrons. The highest BCUT2D eigenvalue weighted by atomic mass is 32.2. The molecule has 1 aliphatic heterocycles. The maximum Gasteiger partial charge on any atom is 0.260 e. The van der Waals surface area contributed by atoms with Crippen molar-refractivity contribution in [1.29, 1.82) is 0 Å². The van der Waals surface area contributed by atoms with Crippen molar-refractivity contribution in [3.63, 3.8) is 0 Å². The number of piperidine rings is 1. The van der Waals surface area contributed by atoms with E-state index < -0.39 is 10.0 Å². The largest absolute Gasteiger partial charge is 0.392 e. The van der Waals surface area contributed by atoms with E-state index in [9.17, 15) is 13.5 Å². The van der Waals surface area contributed by atoms with Crippen LogP contribution in [0.3, 0.4) is 0 Å². The van der Waals surface area contributed by atoms with Crippen LogP contribution in [0.25, 0.3) is 0 Å². The molecule has 7 nitrogen and oxygen atoms in total. The summed E-state index contributed by atoms with van der Waals surface area (Å²) in [7, 11) is -1.67. The molecule has 1 unspecified atom stereocenters. The van der Waals surface area contributed by atoms with E-state index in [1.165, 1.54) is 0 Å². The molecule has 20 heavy (non-hydrogen) atoms. The molecule has 1 aliphatic rings. The van der Waals surface area contributed by atoms with Crippen LogP contribution in [0.4, 0.5) is 0 Å². The van der Waals surface area contributed by atoms with Gasteiger partial charge in [-0.3, -0.25) is 5.10 Å². The van der Waals surface area contributed by atoms with Gasteiger partial charge < -0.3 is 10.0 Å². The minimum absolute atomic E-state index is 0.101. The number of aliphatic hydroxyl groups excluding tert-OH is 1. The Hall–Kier alpha value is -0.960. The Labute approximate surface area is 119 Å². The summed E-state index contributed by atoms with van der Waals surface area (Å²) in [5.74, 6) is 0. The molecule has 1 saturated heterocycles. The van der Waals surface area contributed by atoms with Crippen LogP contribution in [0.5, 0.6) is 0 Å². The van der Waals surface area contributed by atoms with E-state index in [1.54, 1.807) is 6.92 Å². The zero-order valence-electron chi connectivity index (χ0n) is 11.9. The Morgan fingerprint density at radius 1 is 1.50 bits per heavy atom. The van der Waals surface area contributed by atoms with Gasteiger partial charge in [-0.15, -0.1) is 0 Å². The molecule has 0 aromatic carbocycles. The predicted molar refractivity (Wildman–Crippen MR) is 74.7 cm³/mol. The van der Waals surface area contributed by atoms with Gasteiger partial charge in [0.25, 0.3) is 10.0 Å². The lowest BCUT2D eigenvalue weighted by atomic mass is 10.0. The van der Waals surface area contributed by atoms with Crippen LogP contribution in [0.1, 0.15) is 30.5 Å². The molecule has 2 heterocycles. The van der Waals surface area contributed by atoms with E-state index in [1.807, 2.05) is 7.05 Å². The second-order valence-corrected chi connectivity index (χ2v) is 6.95. The fraction of sp³-hybridized carbons (Fsp3) is 0.750. The van der Waals surface area contributed by atoms with Crippen LogP contribution in [0.2, 0.25) is 0 Å². The van der Waals surface area contributed by atoms with Gasteiger partial charge in [0.2, 0.25) is 0 Å². The van der Waals surface area contributed by atoms with Crippen molar-refractivity contribution in [2.24, 2.45) is 0 Å². The standard InChI is InChI=1S/C12H22N4O3S/c1-9-11(8-17)12(15-14-9)20(18,19)13-7-10-5-3-4-6-16(10)2/h10,13,17H,3-8H2,1-2H3,(H,14,15). The van der Waals surface area contributed by atoms with Crippen molar-refractivity contribution in [2.75, 3.05) is 20.1 Å². The lowest BCUT2D eigenvalue weighted by molar-refractivity contribution is 0.187. The Balaban J connectivity index is 2.07. The molecule has 0 spiro atoms.